The van der Waals surface area contributed by atoms with E-state index in [1.807, 2.05) is 0 Å². The molecule has 0 amide bonds. The zero-order valence-electron chi connectivity index (χ0n) is 33.1. The van der Waals surface area contributed by atoms with E-state index in [4.69, 9.17) is 23.7 Å². The van der Waals surface area contributed by atoms with E-state index in [1.54, 1.807) is 6.92 Å². The van der Waals surface area contributed by atoms with Crippen molar-refractivity contribution in [1.29, 1.82) is 0 Å². The van der Waals surface area contributed by atoms with Gasteiger partial charge < -0.3 is 23.7 Å². The average molecular weight is 701 g/mol. The van der Waals surface area contributed by atoms with Crippen LogP contribution in [0.4, 0.5) is 0 Å². The number of rotatable bonds is 10. The predicted octanol–water partition coefficient (Wildman–Crippen LogP) is 8.98. The van der Waals surface area contributed by atoms with E-state index in [-0.39, 0.29) is 64.5 Å². The van der Waals surface area contributed by atoms with Gasteiger partial charge >= 0.3 is 17.9 Å². The molecule has 4 aliphatic carbocycles. The number of esters is 3. The third-order valence-corrected chi connectivity index (χ3v) is 15.0. The second kappa shape index (κ2) is 14.8. The molecule has 0 aromatic rings. The van der Waals surface area contributed by atoms with E-state index in [9.17, 15) is 14.4 Å². The topological polar surface area (TPSA) is 97.4 Å². The SMILES string of the molecule is CC(=O)OC[C@@H]1C[C@H](OC(C)=O)C[C@H](OC2CC[C@]3(C)C(CC[C@@]4(C)C3C[C@H](OC(C)=O)C3C([C@H](C)CCC=C(C)C)CC[C@@]34C)C2(C)C)O1. The molecule has 5 aliphatic rings. The van der Waals surface area contributed by atoms with Gasteiger partial charge in [-0.15, -0.1) is 0 Å². The van der Waals surface area contributed by atoms with Crippen molar-refractivity contribution < 1.29 is 38.1 Å². The Hall–Kier alpha value is -1.93. The third kappa shape index (κ3) is 7.45. The lowest BCUT2D eigenvalue weighted by Gasteiger charge is -2.70. The summed E-state index contributed by atoms with van der Waals surface area (Å²) in [5.41, 5.74) is 1.58. The minimum atomic E-state index is -0.548. The molecule has 50 heavy (non-hydrogen) atoms. The van der Waals surface area contributed by atoms with Gasteiger partial charge in [-0.1, -0.05) is 53.2 Å². The fraction of sp³-hybridized carbons (Fsp3) is 0.881. The van der Waals surface area contributed by atoms with Gasteiger partial charge in [0.1, 0.15) is 18.8 Å². The third-order valence-electron chi connectivity index (χ3n) is 15.0. The smallest absolute Gasteiger partial charge is 0.302 e. The molecular formula is C42H68O8. The van der Waals surface area contributed by atoms with Crippen LogP contribution in [0.2, 0.25) is 0 Å². The molecule has 5 rings (SSSR count). The standard InChI is InChI=1S/C42H68O8/c1-25(2)13-12-14-26(3)32-15-19-42(11)38(32)33(48-29(6)45)23-35-40(9)18-17-36(39(7,8)34(40)16-20-41(35,42)10)50-37-22-30(47-28(5)44)21-31(49-37)24-46-27(4)43/h13,26,30-38H,12,14-24H2,1-11H3/t26-,30+,31+,32?,33+,34?,35?,36?,37+,38?,40-,41+,42+/m1/s1. The van der Waals surface area contributed by atoms with Crippen LogP contribution in [0.5, 0.6) is 0 Å². The van der Waals surface area contributed by atoms with Gasteiger partial charge in [-0.2, -0.15) is 0 Å². The van der Waals surface area contributed by atoms with Crippen LogP contribution >= 0.6 is 0 Å². The molecule has 5 unspecified atom stereocenters. The quantitative estimate of drug-likeness (QED) is 0.0965. The lowest BCUT2D eigenvalue weighted by molar-refractivity contribution is -0.289. The van der Waals surface area contributed by atoms with Crippen molar-refractivity contribution in [2.24, 2.45) is 51.2 Å². The summed E-state index contributed by atoms with van der Waals surface area (Å²) in [5, 5.41) is 0. The average Bonchev–Trinajstić information content (AvgIpc) is 3.37. The van der Waals surface area contributed by atoms with Crippen molar-refractivity contribution >= 4 is 17.9 Å². The Morgan fingerprint density at radius 2 is 1.48 bits per heavy atom. The van der Waals surface area contributed by atoms with Crippen LogP contribution in [0.25, 0.3) is 0 Å². The molecule has 284 valence electrons. The van der Waals surface area contributed by atoms with Crippen LogP contribution in [0.15, 0.2) is 11.6 Å². The number of hydrogen-bond acceptors (Lipinski definition) is 8. The zero-order valence-corrected chi connectivity index (χ0v) is 33.1. The Balaban J connectivity index is 1.37. The Labute approximate surface area is 302 Å². The van der Waals surface area contributed by atoms with Crippen molar-refractivity contribution in [3.8, 4) is 0 Å². The van der Waals surface area contributed by atoms with E-state index in [2.05, 4.69) is 61.5 Å². The molecule has 1 heterocycles. The zero-order chi connectivity index (χ0) is 36.8. The van der Waals surface area contributed by atoms with E-state index in [0.717, 1.165) is 32.1 Å². The van der Waals surface area contributed by atoms with E-state index in [1.165, 1.54) is 45.1 Å². The normalized spacial score (nSPS) is 42.6. The lowest BCUT2D eigenvalue weighted by Crippen LogP contribution is -2.66. The second-order valence-electron chi connectivity index (χ2n) is 18.6. The Morgan fingerprint density at radius 3 is 2.12 bits per heavy atom. The van der Waals surface area contributed by atoms with Gasteiger partial charge in [0.25, 0.3) is 0 Å². The number of hydrogen-bond donors (Lipinski definition) is 0. The Kier molecular flexibility index (Phi) is 11.7. The number of ether oxygens (including phenoxy) is 5. The molecule has 13 atom stereocenters. The Morgan fingerprint density at radius 1 is 0.800 bits per heavy atom. The van der Waals surface area contributed by atoms with E-state index >= 15 is 0 Å². The minimum absolute atomic E-state index is 0.0332. The van der Waals surface area contributed by atoms with Gasteiger partial charge in [-0.05, 0) is 117 Å². The van der Waals surface area contributed by atoms with Crippen LogP contribution in [-0.4, -0.2) is 55.2 Å². The van der Waals surface area contributed by atoms with Gasteiger partial charge in [0.2, 0.25) is 0 Å². The molecule has 0 N–H and O–H groups in total. The summed E-state index contributed by atoms with van der Waals surface area (Å²) < 4.78 is 30.5. The molecule has 1 aliphatic heterocycles. The first-order valence-corrected chi connectivity index (χ1v) is 19.7. The first-order chi connectivity index (χ1) is 23.3. The van der Waals surface area contributed by atoms with Crippen molar-refractivity contribution in [1.82, 2.24) is 0 Å². The molecular weight excluding hydrogens is 632 g/mol. The fourth-order valence-electron chi connectivity index (χ4n) is 12.7. The first kappa shape index (κ1) is 39.3. The summed E-state index contributed by atoms with van der Waals surface area (Å²) >= 11 is 0. The highest BCUT2D eigenvalue weighted by Gasteiger charge is 2.71. The van der Waals surface area contributed by atoms with E-state index < -0.39 is 12.4 Å². The summed E-state index contributed by atoms with van der Waals surface area (Å²) in [6.45, 7) is 23.8. The second-order valence-corrected chi connectivity index (χ2v) is 18.6. The highest BCUT2D eigenvalue weighted by molar-refractivity contribution is 5.66. The van der Waals surface area contributed by atoms with Crippen LogP contribution in [0, 0.1) is 51.2 Å². The van der Waals surface area contributed by atoms with Gasteiger partial charge in [0.15, 0.2) is 6.29 Å². The maximum atomic E-state index is 12.7. The van der Waals surface area contributed by atoms with Crippen LogP contribution in [-0.2, 0) is 38.1 Å². The summed E-state index contributed by atoms with van der Waals surface area (Å²) in [6.07, 6.45) is 11.8. The van der Waals surface area contributed by atoms with Crippen molar-refractivity contribution in [2.45, 2.75) is 177 Å². The van der Waals surface area contributed by atoms with Gasteiger partial charge in [0, 0.05) is 39.5 Å². The van der Waals surface area contributed by atoms with Crippen molar-refractivity contribution in [2.75, 3.05) is 6.61 Å². The molecule has 1 saturated heterocycles. The van der Waals surface area contributed by atoms with Crippen LogP contribution < -0.4 is 0 Å². The number of allylic oxidation sites excluding steroid dienone is 2. The van der Waals surface area contributed by atoms with Gasteiger partial charge in [-0.25, -0.2) is 0 Å². The monoisotopic (exact) mass is 700 g/mol. The van der Waals surface area contributed by atoms with Gasteiger partial charge in [0.05, 0.1) is 12.2 Å². The number of fused-ring (bicyclic) bond motifs is 5. The van der Waals surface area contributed by atoms with Crippen LogP contribution in [0.1, 0.15) is 147 Å². The molecule has 0 aromatic carbocycles. The lowest BCUT2D eigenvalue weighted by atomic mass is 9.35. The largest absolute Gasteiger partial charge is 0.463 e. The molecule has 0 spiro atoms. The molecule has 8 heteroatoms. The number of carbonyl (C=O) groups excluding carboxylic acids is 3. The van der Waals surface area contributed by atoms with Crippen molar-refractivity contribution in [3.05, 3.63) is 11.6 Å². The molecule has 0 aromatic heterocycles. The van der Waals surface area contributed by atoms with E-state index in [0.29, 0.717) is 42.4 Å². The first-order valence-electron chi connectivity index (χ1n) is 19.7. The molecule has 0 bridgehead atoms. The molecule has 5 fully saturated rings. The molecule has 0 radical (unpaired) electrons. The minimum Gasteiger partial charge on any atom is -0.463 e. The predicted molar refractivity (Wildman–Crippen MR) is 193 cm³/mol. The number of carbonyl (C=O) groups is 3. The highest BCUT2D eigenvalue weighted by atomic mass is 16.7. The summed E-state index contributed by atoms with van der Waals surface area (Å²) in [4.78, 5) is 36.2. The summed E-state index contributed by atoms with van der Waals surface area (Å²) in [5.74, 6) is 1.56. The summed E-state index contributed by atoms with van der Waals surface area (Å²) in [7, 11) is 0. The highest BCUT2D eigenvalue weighted by Crippen LogP contribution is 2.76. The fourth-order valence-corrected chi connectivity index (χ4v) is 12.7. The molecule has 4 saturated carbocycles. The maximum Gasteiger partial charge on any atom is 0.302 e. The van der Waals surface area contributed by atoms with Crippen molar-refractivity contribution in [3.63, 3.8) is 0 Å². The Bertz CT molecular complexity index is 1290. The molecule has 8 nitrogen and oxygen atoms in total. The van der Waals surface area contributed by atoms with Gasteiger partial charge in [-0.3, -0.25) is 14.4 Å². The maximum absolute atomic E-state index is 12.7. The van der Waals surface area contributed by atoms with Crippen LogP contribution in [0.3, 0.4) is 0 Å². The summed E-state index contributed by atoms with van der Waals surface area (Å²) in [6, 6.07) is 0.